The van der Waals surface area contributed by atoms with Gasteiger partial charge in [0.25, 0.3) is 0 Å². The van der Waals surface area contributed by atoms with Gasteiger partial charge in [-0.2, -0.15) is 0 Å². The van der Waals surface area contributed by atoms with Crippen LogP contribution in [0.15, 0.2) is 30.5 Å². The maximum atomic E-state index is 2.36. The van der Waals surface area contributed by atoms with Crippen LogP contribution >= 0.6 is 0 Å². The van der Waals surface area contributed by atoms with Gasteiger partial charge in [0.05, 0.1) is 0 Å². The Kier molecular flexibility index (Phi) is 3.04. The summed E-state index contributed by atoms with van der Waals surface area (Å²) >= 11 is 0. The maximum absolute atomic E-state index is 2.36. The first-order valence-corrected chi connectivity index (χ1v) is 6.76. The van der Waals surface area contributed by atoms with Gasteiger partial charge in [0.1, 0.15) is 0 Å². The summed E-state index contributed by atoms with van der Waals surface area (Å²) in [4.78, 5) is 0. The Morgan fingerprint density at radius 2 is 1.61 bits per heavy atom. The van der Waals surface area contributed by atoms with E-state index in [9.17, 15) is 0 Å². The topological polar surface area (TPSA) is 4.93 Å². The van der Waals surface area contributed by atoms with Crippen LogP contribution in [-0.2, 0) is 12.0 Å². The van der Waals surface area contributed by atoms with Gasteiger partial charge in [-0.05, 0) is 40.0 Å². The highest BCUT2D eigenvalue weighted by Crippen LogP contribution is 2.28. The third kappa shape index (κ3) is 2.77. The Labute approximate surface area is 111 Å². The summed E-state index contributed by atoms with van der Waals surface area (Å²) in [6.07, 6.45) is 2.21. The molecule has 0 atom stereocenters. The van der Waals surface area contributed by atoms with Gasteiger partial charge < -0.3 is 4.57 Å². The van der Waals surface area contributed by atoms with Gasteiger partial charge in [-0.1, -0.05) is 47.6 Å². The van der Waals surface area contributed by atoms with Gasteiger partial charge in [-0.15, -0.1) is 0 Å². The third-order valence-corrected chi connectivity index (χ3v) is 3.28. The van der Waals surface area contributed by atoms with Crippen LogP contribution < -0.4 is 0 Å². The zero-order valence-electron chi connectivity index (χ0n) is 12.5. The second-order valence-electron chi connectivity index (χ2n) is 7.53. The molecule has 1 nitrogen and oxygen atoms in total. The van der Waals surface area contributed by atoms with Crippen LogP contribution in [0.2, 0.25) is 0 Å². The van der Waals surface area contributed by atoms with Crippen molar-refractivity contribution in [3.05, 3.63) is 36.0 Å². The molecule has 0 N–H and O–H groups in total. The van der Waals surface area contributed by atoms with Crippen molar-refractivity contribution in [1.29, 1.82) is 0 Å². The van der Waals surface area contributed by atoms with Crippen molar-refractivity contribution >= 4 is 10.9 Å². The van der Waals surface area contributed by atoms with Crippen molar-refractivity contribution in [3.8, 4) is 0 Å². The van der Waals surface area contributed by atoms with E-state index < -0.39 is 0 Å². The molecule has 0 radical (unpaired) electrons. The van der Waals surface area contributed by atoms with Gasteiger partial charge in [-0.3, -0.25) is 0 Å². The fourth-order valence-electron chi connectivity index (χ4n) is 2.32. The lowest BCUT2D eigenvalue weighted by molar-refractivity contribution is 0.349. The monoisotopic (exact) mass is 243 g/mol. The van der Waals surface area contributed by atoms with E-state index in [1.165, 1.54) is 16.5 Å². The highest BCUT2D eigenvalue weighted by molar-refractivity contribution is 5.81. The normalized spacial score (nSPS) is 13.2. The van der Waals surface area contributed by atoms with Crippen LogP contribution in [0.4, 0.5) is 0 Å². The quantitative estimate of drug-likeness (QED) is 0.665. The minimum atomic E-state index is 0.223. The first kappa shape index (κ1) is 13.2. The van der Waals surface area contributed by atoms with Crippen molar-refractivity contribution in [2.75, 3.05) is 0 Å². The second kappa shape index (κ2) is 4.15. The van der Waals surface area contributed by atoms with Gasteiger partial charge in [-0.25, -0.2) is 0 Å². The molecule has 2 aromatic rings. The van der Waals surface area contributed by atoms with Crippen molar-refractivity contribution < 1.29 is 0 Å². The number of nitrogens with zero attached hydrogens (tertiary/aromatic N) is 1. The van der Waals surface area contributed by atoms with Gasteiger partial charge in [0, 0.05) is 18.3 Å². The van der Waals surface area contributed by atoms with E-state index >= 15 is 0 Å². The molecular weight excluding hydrogens is 218 g/mol. The summed E-state index contributed by atoms with van der Waals surface area (Å²) in [5.74, 6) is 0. The number of aromatic nitrogens is 1. The molecule has 98 valence electrons. The zero-order valence-corrected chi connectivity index (χ0v) is 12.5. The van der Waals surface area contributed by atoms with Crippen LogP contribution in [0.5, 0.6) is 0 Å². The highest BCUT2D eigenvalue weighted by Gasteiger charge is 2.16. The molecule has 0 aliphatic rings. The van der Waals surface area contributed by atoms with Crippen LogP contribution in [0.3, 0.4) is 0 Å². The molecule has 0 spiro atoms. The molecule has 0 aliphatic carbocycles. The molecule has 1 heterocycles. The van der Waals surface area contributed by atoms with Gasteiger partial charge >= 0.3 is 0 Å². The van der Waals surface area contributed by atoms with Crippen LogP contribution in [0, 0.1) is 5.41 Å². The number of benzene rings is 1. The lowest BCUT2D eigenvalue weighted by Crippen LogP contribution is -2.14. The molecule has 0 amide bonds. The Morgan fingerprint density at radius 1 is 0.944 bits per heavy atom. The van der Waals surface area contributed by atoms with E-state index in [1.807, 2.05) is 0 Å². The van der Waals surface area contributed by atoms with E-state index in [2.05, 4.69) is 76.6 Å². The number of rotatable bonds is 1. The van der Waals surface area contributed by atoms with Crippen LogP contribution in [-0.4, -0.2) is 4.57 Å². The highest BCUT2D eigenvalue weighted by atomic mass is 15.0. The van der Waals surface area contributed by atoms with E-state index in [4.69, 9.17) is 0 Å². The molecule has 0 saturated carbocycles. The molecule has 1 aromatic heterocycles. The predicted molar refractivity (Wildman–Crippen MR) is 80.1 cm³/mol. The van der Waals surface area contributed by atoms with Crippen molar-refractivity contribution in [2.45, 2.75) is 53.5 Å². The standard InChI is InChI=1S/C17H25N/c1-16(2,3)12-18-10-9-13-11-14(17(4,5)6)7-8-15(13)18/h7-11H,12H2,1-6H3. The summed E-state index contributed by atoms with van der Waals surface area (Å²) in [6.45, 7) is 14.7. The number of hydrogen-bond acceptors (Lipinski definition) is 0. The first-order valence-electron chi connectivity index (χ1n) is 6.76. The smallest absolute Gasteiger partial charge is 0.0480 e. The molecule has 18 heavy (non-hydrogen) atoms. The maximum Gasteiger partial charge on any atom is 0.0480 e. The molecular formula is C17H25N. The summed E-state index contributed by atoms with van der Waals surface area (Å²) < 4.78 is 2.36. The molecule has 0 bridgehead atoms. The molecule has 0 aliphatic heterocycles. The fraction of sp³-hybridized carbons (Fsp3) is 0.529. The van der Waals surface area contributed by atoms with Crippen molar-refractivity contribution in [3.63, 3.8) is 0 Å². The average Bonchev–Trinajstić information content (AvgIpc) is 2.57. The second-order valence-corrected chi connectivity index (χ2v) is 7.53. The van der Waals surface area contributed by atoms with Crippen LogP contribution in [0.25, 0.3) is 10.9 Å². The summed E-state index contributed by atoms with van der Waals surface area (Å²) in [6, 6.07) is 9.09. The summed E-state index contributed by atoms with van der Waals surface area (Å²) in [7, 11) is 0. The Bertz CT molecular complexity index is 547. The lowest BCUT2D eigenvalue weighted by atomic mass is 9.86. The van der Waals surface area contributed by atoms with E-state index in [0.29, 0.717) is 5.41 Å². The number of fused-ring (bicyclic) bond motifs is 1. The third-order valence-electron chi connectivity index (χ3n) is 3.28. The van der Waals surface area contributed by atoms with E-state index in [-0.39, 0.29) is 5.41 Å². The molecule has 1 heteroatoms. The van der Waals surface area contributed by atoms with Crippen molar-refractivity contribution in [1.82, 2.24) is 4.57 Å². The first-order chi connectivity index (χ1) is 8.17. The molecule has 0 saturated heterocycles. The minimum absolute atomic E-state index is 0.223. The Morgan fingerprint density at radius 3 is 2.17 bits per heavy atom. The molecule has 1 aromatic carbocycles. The molecule has 0 unspecified atom stereocenters. The molecule has 0 fully saturated rings. The predicted octanol–water partition coefficient (Wildman–Crippen LogP) is 4.98. The fourth-order valence-corrected chi connectivity index (χ4v) is 2.32. The summed E-state index contributed by atoms with van der Waals surface area (Å²) in [5, 5.41) is 1.35. The van der Waals surface area contributed by atoms with Gasteiger partial charge in [0.2, 0.25) is 0 Å². The lowest BCUT2D eigenvalue weighted by Gasteiger charge is -2.21. The van der Waals surface area contributed by atoms with E-state index in [1.54, 1.807) is 0 Å². The summed E-state index contributed by atoms with van der Waals surface area (Å²) in [5.41, 5.74) is 3.29. The number of hydrogen-bond donors (Lipinski definition) is 0. The van der Waals surface area contributed by atoms with Crippen molar-refractivity contribution in [2.24, 2.45) is 5.41 Å². The molecule has 2 rings (SSSR count). The average molecular weight is 243 g/mol. The van der Waals surface area contributed by atoms with E-state index in [0.717, 1.165) is 6.54 Å². The Balaban J connectivity index is 2.44. The SMILES string of the molecule is CC(C)(C)Cn1ccc2cc(C(C)(C)C)ccc21. The zero-order chi connectivity index (χ0) is 13.6. The minimum Gasteiger partial charge on any atom is -0.347 e. The Hall–Kier alpha value is -1.24. The van der Waals surface area contributed by atoms with Gasteiger partial charge in [0.15, 0.2) is 0 Å². The van der Waals surface area contributed by atoms with Crippen LogP contribution in [0.1, 0.15) is 47.1 Å². The largest absolute Gasteiger partial charge is 0.347 e.